The molecule has 3 aromatic rings. The number of benzene rings is 1. The molecule has 4 rings (SSSR count). The number of sulfone groups is 1. The molecule has 0 amide bonds. The Labute approximate surface area is 164 Å². The topological polar surface area (TPSA) is 62.8 Å². The average molecular weight is 401 g/mol. The van der Waals surface area contributed by atoms with Crippen molar-refractivity contribution >= 4 is 21.2 Å². The summed E-state index contributed by atoms with van der Waals surface area (Å²) < 4.78 is 27.0. The number of hydrogen-bond donors (Lipinski definition) is 1. The molecule has 0 aliphatic heterocycles. The fourth-order valence-electron chi connectivity index (χ4n) is 4.34. The summed E-state index contributed by atoms with van der Waals surface area (Å²) in [4.78, 5) is 7.30. The van der Waals surface area contributed by atoms with E-state index < -0.39 is 9.84 Å². The van der Waals surface area contributed by atoms with Gasteiger partial charge in [-0.2, -0.15) is 0 Å². The predicted molar refractivity (Wildman–Crippen MR) is 109 cm³/mol. The molecule has 2 heterocycles. The second-order valence-corrected chi connectivity index (χ2v) is 10.8. The third kappa shape index (κ3) is 4.17. The lowest BCUT2D eigenvalue weighted by molar-refractivity contribution is 0.264. The van der Waals surface area contributed by atoms with Gasteiger partial charge in [-0.1, -0.05) is 36.4 Å². The second kappa shape index (κ2) is 7.98. The molecular weight excluding hydrogens is 376 g/mol. The molecular formula is C21H24N2O2S2. The number of aromatic amines is 1. The van der Waals surface area contributed by atoms with E-state index in [1.54, 1.807) is 12.4 Å². The summed E-state index contributed by atoms with van der Waals surface area (Å²) >= 11 is 1.34. The summed E-state index contributed by atoms with van der Waals surface area (Å²) in [5, 5.41) is 1.55. The number of H-pyrrole nitrogens is 1. The fourth-order valence-corrected chi connectivity index (χ4v) is 7.59. The number of rotatable bonds is 6. The minimum Gasteiger partial charge on any atom is -0.348 e. The average Bonchev–Trinajstić information content (AvgIpc) is 3.37. The normalized spacial score (nSPS) is 23.3. The second-order valence-electron chi connectivity index (χ2n) is 7.43. The highest BCUT2D eigenvalue weighted by Crippen LogP contribution is 2.39. The van der Waals surface area contributed by atoms with E-state index in [0.717, 1.165) is 37.8 Å². The van der Waals surface area contributed by atoms with Gasteiger partial charge in [-0.15, -0.1) is 11.3 Å². The maximum absolute atomic E-state index is 13.3. The zero-order chi connectivity index (χ0) is 18.7. The van der Waals surface area contributed by atoms with Crippen molar-refractivity contribution in [2.24, 2.45) is 11.8 Å². The molecule has 6 heteroatoms. The number of nitrogens with zero attached hydrogens (tertiary/aromatic N) is 1. The summed E-state index contributed by atoms with van der Waals surface area (Å²) in [5.74, 6) is 0.634. The Morgan fingerprint density at radius 3 is 2.63 bits per heavy atom. The quantitative estimate of drug-likeness (QED) is 0.662. The largest absolute Gasteiger partial charge is 0.348 e. The summed E-state index contributed by atoms with van der Waals surface area (Å²) in [6.07, 6.45) is 7.95. The number of aromatic nitrogens is 2. The molecule has 3 atom stereocenters. The summed E-state index contributed by atoms with van der Waals surface area (Å²) in [5.41, 5.74) is 2.36. The van der Waals surface area contributed by atoms with Crippen molar-refractivity contribution in [2.45, 2.75) is 41.6 Å². The van der Waals surface area contributed by atoms with Crippen LogP contribution in [-0.4, -0.2) is 23.6 Å². The van der Waals surface area contributed by atoms with Crippen LogP contribution in [0.15, 0.2) is 64.6 Å². The molecule has 1 saturated carbocycles. The van der Waals surface area contributed by atoms with Crippen molar-refractivity contribution in [1.82, 2.24) is 9.97 Å². The first-order valence-corrected chi connectivity index (χ1v) is 11.8. The van der Waals surface area contributed by atoms with Crippen molar-refractivity contribution in [3.05, 3.63) is 71.6 Å². The fraction of sp³-hybridized carbons (Fsp3) is 0.381. The maximum Gasteiger partial charge on any atom is 0.190 e. The van der Waals surface area contributed by atoms with Crippen molar-refractivity contribution in [1.29, 1.82) is 0 Å². The molecule has 1 aromatic carbocycles. The van der Waals surface area contributed by atoms with Gasteiger partial charge in [0.25, 0.3) is 0 Å². The molecule has 1 N–H and O–H groups in total. The molecule has 3 unspecified atom stereocenters. The van der Waals surface area contributed by atoms with Gasteiger partial charge in [-0.05, 0) is 60.9 Å². The molecule has 1 aliphatic rings. The summed E-state index contributed by atoms with van der Waals surface area (Å²) in [7, 11) is -3.28. The maximum atomic E-state index is 13.3. The van der Waals surface area contributed by atoms with E-state index in [-0.39, 0.29) is 11.2 Å². The van der Waals surface area contributed by atoms with E-state index >= 15 is 0 Å². The number of imidazole rings is 1. The first-order valence-electron chi connectivity index (χ1n) is 9.41. The van der Waals surface area contributed by atoms with Crippen LogP contribution in [0.3, 0.4) is 0 Å². The van der Waals surface area contributed by atoms with Crippen LogP contribution < -0.4 is 0 Å². The monoisotopic (exact) mass is 400 g/mol. The summed E-state index contributed by atoms with van der Waals surface area (Å²) in [6, 6.07) is 13.8. The van der Waals surface area contributed by atoms with Gasteiger partial charge in [-0.25, -0.2) is 13.4 Å². The van der Waals surface area contributed by atoms with E-state index in [2.05, 4.69) is 22.1 Å². The van der Waals surface area contributed by atoms with Gasteiger partial charge >= 0.3 is 0 Å². The van der Waals surface area contributed by atoms with E-state index in [1.165, 1.54) is 16.9 Å². The Morgan fingerprint density at radius 2 is 1.93 bits per heavy atom. The molecule has 0 spiro atoms. The molecule has 4 nitrogen and oxygen atoms in total. The molecule has 27 heavy (non-hydrogen) atoms. The van der Waals surface area contributed by atoms with Crippen molar-refractivity contribution in [2.75, 3.05) is 0 Å². The lowest BCUT2D eigenvalue weighted by Gasteiger charge is -2.35. The zero-order valence-corrected chi connectivity index (χ0v) is 16.8. The van der Waals surface area contributed by atoms with Gasteiger partial charge in [0.05, 0.1) is 11.6 Å². The van der Waals surface area contributed by atoms with Crippen molar-refractivity contribution in [3.8, 4) is 0 Å². The van der Waals surface area contributed by atoms with Crippen LogP contribution in [-0.2, 0) is 22.7 Å². The van der Waals surface area contributed by atoms with E-state index in [4.69, 9.17) is 0 Å². The predicted octanol–water partition coefficient (Wildman–Crippen LogP) is 4.52. The highest BCUT2D eigenvalue weighted by Gasteiger charge is 2.39. The number of thiophene rings is 1. The minimum atomic E-state index is -3.28. The molecule has 1 aliphatic carbocycles. The highest BCUT2D eigenvalue weighted by atomic mass is 32.2. The van der Waals surface area contributed by atoms with Crippen LogP contribution in [0.25, 0.3) is 0 Å². The van der Waals surface area contributed by atoms with Gasteiger partial charge in [0.15, 0.2) is 9.84 Å². The SMILES string of the molecule is O=S(=O)(c1cccs1)C1CCC(Cc2cnc[nH]2)CC1Cc1ccccc1. The Balaban J connectivity index is 1.58. The molecule has 142 valence electrons. The van der Waals surface area contributed by atoms with E-state index in [0.29, 0.717) is 10.1 Å². The van der Waals surface area contributed by atoms with Crippen LogP contribution in [0.1, 0.15) is 30.5 Å². The standard InChI is InChI=1S/C21H24N2O2S2/c24-27(25,21-7-4-10-26-21)20-9-8-17(13-19-14-22-15-23-19)12-18(20)11-16-5-2-1-3-6-16/h1-7,10,14-15,17-18,20H,8-9,11-13H2,(H,22,23). The van der Waals surface area contributed by atoms with Crippen LogP contribution in [0.2, 0.25) is 0 Å². The smallest absolute Gasteiger partial charge is 0.190 e. The van der Waals surface area contributed by atoms with Gasteiger partial charge < -0.3 is 4.98 Å². The Kier molecular flexibility index (Phi) is 5.45. The third-order valence-corrected chi connectivity index (χ3v) is 9.36. The molecule has 2 aromatic heterocycles. The van der Waals surface area contributed by atoms with E-state index in [1.807, 2.05) is 35.8 Å². The first kappa shape index (κ1) is 18.4. The first-order chi connectivity index (χ1) is 13.1. The number of hydrogen-bond acceptors (Lipinski definition) is 4. The van der Waals surface area contributed by atoms with Crippen LogP contribution in [0, 0.1) is 11.8 Å². The number of nitrogens with one attached hydrogen (secondary N) is 1. The van der Waals surface area contributed by atoms with Crippen molar-refractivity contribution < 1.29 is 8.42 Å². The zero-order valence-electron chi connectivity index (χ0n) is 15.1. The highest BCUT2D eigenvalue weighted by molar-refractivity contribution is 7.94. The van der Waals surface area contributed by atoms with Crippen LogP contribution in [0.4, 0.5) is 0 Å². The van der Waals surface area contributed by atoms with Gasteiger partial charge in [0.2, 0.25) is 0 Å². The van der Waals surface area contributed by atoms with Crippen LogP contribution in [0.5, 0.6) is 0 Å². The van der Waals surface area contributed by atoms with Gasteiger partial charge in [0.1, 0.15) is 4.21 Å². The molecule has 1 fully saturated rings. The molecule has 0 saturated heterocycles. The van der Waals surface area contributed by atoms with Gasteiger partial charge in [0, 0.05) is 11.9 Å². The Hall–Kier alpha value is -1.92. The lowest BCUT2D eigenvalue weighted by atomic mass is 9.76. The van der Waals surface area contributed by atoms with Crippen LogP contribution >= 0.6 is 11.3 Å². The van der Waals surface area contributed by atoms with Crippen molar-refractivity contribution in [3.63, 3.8) is 0 Å². The lowest BCUT2D eigenvalue weighted by Crippen LogP contribution is -2.37. The summed E-state index contributed by atoms with van der Waals surface area (Å²) in [6.45, 7) is 0. The van der Waals surface area contributed by atoms with E-state index in [9.17, 15) is 8.42 Å². The minimum absolute atomic E-state index is 0.140. The Morgan fingerprint density at radius 1 is 1.07 bits per heavy atom. The molecule has 0 radical (unpaired) electrons. The molecule has 0 bridgehead atoms. The Bertz CT molecular complexity index is 936. The third-order valence-electron chi connectivity index (χ3n) is 5.60. The van der Waals surface area contributed by atoms with Gasteiger partial charge in [-0.3, -0.25) is 0 Å².